The van der Waals surface area contributed by atoms with Crippen molar-refractivity contribution in [3.8, 4) is 0 Å². The van der Waals surface area contributed by atoms with E-state index < -0.39 is 0 Å². The van der Waals surface area contributed by atoms with Gasteiger partial charge in [-0.25, -0.2) is 0 Å². The van der Waals surface area contributed by atoms with Crippen molar-refractivity contribution in [3.63, 3.8) is 0 Å². The average Bonchev–Trinajstić information content (AvgIpc) is 3.02. The van der Waals surface area contributed by atoms with Gasteiger partial charge in [-0.3, -0.25) is 9.59 Å². The molecule has 3 rings (SSSR count). The third kappa shape index (κ3) is 5.00. The summed E-state index contributed by atoms with van der Waals surface area (Å²) in [4.78, 5) is 26.7. The van der Waals surface area contributed by atoms with Gasteiger partial charge in [0, 0.05) is 22.0 Å². The quantitative estimate of drug-likeness (QED) is 0.647. The number of halogens is 1. The first-order chi connectivity index (χ1) is 13.7. The molecule has 3 N–H and O–H groups in total. The van der Waals surface area contributed by atoms with Crippen LogP contribution in [-0.4, -0.2) is 30.1 Å². The van der Waals surface area contributed by atoms with Crippen molar-refractivity contribution < 1.29 is 14.7 Å². The molecule has 1 heterocycles. The van der Waals surface area contributed by atoms with Crippen molar-refractivity contribution in [2.45, 2.75) is 40.0 Å². The second-order valence-corrected chi connectivity index (χ2v) is 10.00. The monoisotopic (exact) mass is 434 g/mol. The summed E-state index contributed by atoms with van der Waals surface area (Å²) in [5, 5.41) is 15.9. The summed E-state index contributed by atoms with van der Waals surface area (Å²) in [6.45, 7) is 6.78. The Hall–Kier alpha value is -1.89. The lowest BCUT2D eigenvalue weighted by atomic mass is 9.72. The van der Waals surface area contributed by atoms with Crippen molar-refractivity contribution in [2.24, 2.45) is 11.3 Å². The highest BCUT2D eigenvalue weighted by atomic mass is 35.5. The van der Waals surface area contributed by atoms with Gasteiger partial charge in [-0.15, -0.1) is 11.3 Å². The largest absolute Gasteiger partial charge is 0.395 e. The lowest BCUT2D eigenvalue weighted by Crippen LogP contribution is -2.30. The molecule has 1 aliphatic carbocycles. The van der Waals surface area contributed by atoms with E-state index in [1.54, 1.807) is 24.3 Å². The van der Waals surface area contributed by atoms with Gasteiger partial charge in [-0.1, -0.05) is 32.4 Å². The van der Waals surface area contributed by atoms with Crippen LogP contribution in [-0.2, 0) is 12.8 Å². The SMILES string of the molecule is CC(C)(C)[C@@H]1CCc2c(sc(NC(=O)c3ccc(Cl)cc3)c2C(=O)NCCO)C1. The van der Waals surface area contributed by atoms with Crippen LogP contribution in [0.5, 0.6) is 0 Å². The highest BCUT2D eigenvalue weighted by Crippen LogP contribution is 2.44. The van der Waals surface area contributed by atoms with Crippen LogP contribution in [0.25, 0.3) is 0 Å². The Morgan fingerprint density at radius 1 is 1.21 bits per heavy atom. The summed E-state index contributed by atoms with van der Waals surface area (Å²) in [6, 6.07) is 6.65. The Bertz CT molecular complexity index is 900. The average molecular weight is 435 g/mol. The summed E-state index contributed by atoms with van der Waals surface area (Å²) in [7, 11) is 0. The van der Waals surface area contributed by atoms with E-state index in [1.807, 2.05) is 0 Å². The Morgan fingerprint density at radius 3 is 2.52 bits per heavy atom. The number of anilines is 1. The van der Waals surface area contributed by atoms with Crippen LogP contribution in [0.1, 0.15) is 58.3 Å². The summed E-state index contributed by atoms with van der Waals surface area (Å²) < 4.78 is 0. The molecule has 0 spiro atoms. The summed E-state index contributed by atoms with van der Waals surface area (Å²) in [6.07, 6.45) is 2.73. The molecule has 2 aromatic rings. The standard InChI is InChI=1S/C22H27ClN2O3S/c1-22(2,3)14-6-9-16-17(12-14)29-21(18(16)20(28)24-10-11-26)25-19(27)13-4-7-15(23)8-5-13/h4-5,7-8,14,26H,6,9-12H2,1-3H3,(H,24,28)(H,25,27)/t14-/m1/s1. The number of rotatable bonds is 5. The predicted octanol–water partition coefficient (Wildman–Crippen LogP) is 4.53. The van der Waals surface area contributed by atoms with E-state index in [2.05, 4.69) is 31.4 Å². The van der Waals surface area contributed by atoms with E-state index in [-0.39, 0.29) is 30.4 Å². The summed E-state index contributed by atoms with van der Waals surface area (Å²) >= 11 is 7.40. The van der Waals surface area contributed by atoms with Gasteiger partial charge in [0.05, 0.1) is 12.2 Å². The molecular formula is C22H27ClN2O3S. The van der Waals surface area contributed by atoms with Gasteiger partial charge >= 0.3 is 0 Å². The van der Waals surface area contributed by atoms with E-state index >= 15 is 0 Å². The minimum Gasteiger partial charge on any atom is -0.395 e. The number of hydrogen-bond donors (Lipinski definition) is 3. The van der Waals surface area contributed by atoms with E-state index in [9.17, 15) is 9.59 Å². The first-order valence-electron chi connectivity index (χ1n) is 9.81. The zero-order valence-electron chi connectivity index (χ0n) is 17.0. The zero-order valence-corrected chi connectivity index (χ0v) is 18.5. The maximum absolute atomic E-state index is 12.8. The maximum atomic E-state index is 12.8. The number of aliphatic hydroxyl groups excluding tert-OH is 1. The zero-order chi connectivity index (χ0) is 21.2. The fourth-order valence-electron chi connectivity index (χ4n) is 3.69. The number of amides is 2. The number of nitrogens with one attached hydrogen (secondary N) is 2. The lowest BCUT2D eigenvalue weighted by Gasteiger charge is -2.33. The van der Waals surface area contributed by atoms with E-state index in [4.69, 9.17) is 16.7 Å². The lowest BCUT2D eigenvalue weighted by molar-refractivity contribution is 0.0944. The van der Waals surface area contributed by atoms with Gasteiger partial charge < -0.3 is 15.7 Å². The molecular weight excluding hydrogens is 408 g/mol. The van der Waals surface area contributed by atoms with Gasteiger partial charge in [0.25, 0.3) is 11.8 Å². The first kappa shape index (κ1) is 21.8. The minimum atomic E-state index is -0.274. The fraction of sp³-hybridized carbons (Fsp3) is 0.455. The highest BCUT2D eigenvalue weighted by Gasteiger charge is 2.34. The van der Waals surface area contributed by atoms with Crippen molar-refractivity contribution in [3.05, 3.63) is 50.9 Å². The first-order valence-corrected chi connectivity index (χ1v) is 11.0. The molecule has 7 heteroatoms. The Balaban J connectivity index is 1.92. The van der Waals surface area contributed by atoms with Gasteiger partial charge in [-0.2, -0.15) is 0 Å². The maximum Gasteiger partial charge on any atom is 0.256 e. The fourth-order valence-corrected chi connectivity index (χ4v) is 5.13. The molecule has 2 amide bonds. The van der Waals surface area contributed by atoms with E-state index in [0.29, 0.717) is 27.1 Å². The molecule has 156 valence electrons. The van der Waals surface area contributed by atoms with E-state index in [1.165, 1.54) is 11.3 Å². The van der Waals surface area contributed by atoms with Crippen LogP contribution in [0.15, 0.2) is 24.3 Å². The molecule has 0 bridgehead atoms. The molecule has 0 saturated carbocycles. The number of carbonyl (C=O) groups excluding carboxylic acids is 2. The second-order valence-electron chi connectivity index (χ2n) is 8.45. The van der Waals surface area contributed by atoms with Crippen molar-refractivity contribution in [2.75, 3.05) is 18.5 Å². The molecule has 0 aliphatic heterocycles. The molecule has 0 fully saturated rings. The number of benzene rings is 1. The highest BCUT2D eigenvalue weighted by molar-refractivity contribution is 7.17. The van der Waals surface area contributed by atoms with Crippen LogP contribution in [0.3, 0.4) is 0 Å². The Kier molecular flexibility index (Phi) is 6.66. The Labute approximate surface area is 180 Å². The second kappa shape index (κ2) is 8.86. The van der Waals surface area contributed by atoms with Crippen LogP contribution in [0.2, 0.25) is 5.02 Å². The molecule has 29 heavy (non-hydrogen) atoms. The molecule has 1 aliphatic rings. The number of fused-ring (bicyclic) bond motifs is 1. The molecule has 0 unspecified atom stereocenters. The number of hydrogen-bond acceptors (Lipinski definition) is 4. The van der Waals surface area contributed by atoms with Crippen molar-refractivity contribution >= 4 is 39.8 Å². The third-order valence-electron chi connectivity index (χ3n) is 5.45. The van der Waals surface area contributed by atoms with Crippen LogP contribution >= 0.6 is 22.9 Å². The van der Waals surface area contributed by atoms with Gasteiger partial charge in [0.15, 0.2) is 0 Å². The van der Waals surface area contributed by atoms with Crippen molar-refractivity contribution in [1.82, 2.24) is 5.32 Å². The van der Waals surface area contributed by atoms with Crippen LogP contribution in [0.4, 0.5) is 5.00 Å². The molecule has 5 nitrogen and oxygen atoms in total. The number of aliphatic hydroxyl groups is 1. The smallest absolute Gasteiger partial charge is 0.256 e. The van der Waals surface area contributed by atoms with Gasteiger partial charge in [0.2, 0.25) is 0 Å². The normalized spacial score (nSPS) is 16.2. The summed E-state index contributed by atoms with van der Waals surface area (Å²) in [5.74, 6) is 0.00262. The number of thiophene rings is 1. The third-order valence-corrected chi connectivity index (χ3v) is 6.87. The van der Waals surface area contributed by atoms with Crippen molar-refractivity contribution in [1.29, 1.82) is 0 Å². The summed E-state index contributed by atoms with van der Waals surface area (Å²) in [5.41, 5.74) is 2.23. The topological polar surface area (TPSA) is 78.4 Å². The van der Waals surface area contributed by atoms with E-state index in [0.717, 1.165) is 29.7 Å². The molecule has 1 atom stereocenters. The predicted molar refractivity (Wildman–Crippen MR) is 118 cm³/mol. The Morgan fingerprint density at radius 2 is 1.90 bits per heavy atom. The van der Waals surface area contributed by atoms with Crippen LogP contribution in [0, 0.1) is 11.3 Å². The molecule has 0 saturated heterocycles. The minimum absolute atomic E-state index is 0.128. The van der Waals surface area contributed by atoms with Crippen LogP contribution < -0.4 is 10.6 Å². The van der Waals surface area contributed by atoms with Gasteiger partial charge in [-0.05, 0) is 60.4 Å². The van der Waals surface area contributed by atoms with Gasteiger partial charge in [0.1, 0.15) is 5.00 Å². The molecule has 0 radical (unpaired) electrons. The number of carbonyl (C=O) groups is 2. The molecule has 1 aromatic carbocycles. The molecule has 1 aromatic heterocycles.